The molecule has 0 amide bonds. The average molecular weight is 282 g/mol. The highest BCUT2D eigenvalue weighted by Gasteiger charge is 2.31. The number of hydrogen-bond donors (Lipinski definition) is 1. The number of aryl methyl sites for hydroxylation is 1. The van der Waals surface area contributed by atoms with E-state index in [-0.39, 0.29) is 11.9 Å². The Morgan fingerprint density at radius 1 is 1.53 bits per heavy atom. The maximum Gasteiger partial charge on any atom is 0.315 e. The monoisotopic (exact) mass is 282 g/mol. The Morgan fingerprint density at radius 2 is 2.37 bits per heavy atom. The van der Waals surface area contributed by atoms with E-state index >= 15 is 0 Å². The average Bonchev–Trinajstić information content (AvgIpc) is 2.81. The number of hydrogen-bond acceptors (Lipinski definition) is 5. The maximum atomic E-state index is 12.0. The van der Waals surface area contributed by atoms with Crippen LogP contribution in [0.4, 0.5) is 5.13 Å². The predicted octanol–water partition coefficient (Wildman–Crippen LogP) is 3.34. The molecule has 2 rings (SSSR count). The van der Waals surface area contributed by atoms with Crippen molar-refractivity contribution in [1.82, 2.24) is 4.98 Å². The summed E-state index contributed by atoms with van der Waals surface area (Å²) < 4.78 is 5.15. The van der Waals surface area contributed by atoms with Crippen molar-refractivity contribution in [3.8, 4) is 0 Å². The molecule has 4 nitrogen and oxygen atoms in total. The lowest BCUT2D eigenvalue weighted by Gasteiger charge is -2.19. The number of ether oxygens (including phenoxy) is 1. The van der Waals surface area contributed by atoms with Gasteiger partial charge in [-0.1, -0.05) is 13.3 Å². The molecule has 1 aromatic heterocycles. The van der Waals surface area contributed by atoms with Gasteiger partial charge in [0.1, 0.15) is 5.92 Å². The third-order valence-corrected chi connectivity index (χ3v) is 4.42. The van der Waals surface area contributed by atoms with Gasteiger partial charge in [-0.25, -0.2) is 4.98 Å². The molecule has 1 unspecified atom stereocenters. The van der Waals surface area contributed by atoms with Crippen LogP contribution in [-0.2, 0) is 16.0 Å². The Balaban J connectivity index is 2.08. The molecule has 0 fully saturated rings. The molecule has 0 bridgehead atoms. The normalized spacial score (nSPS) is 17.9. The minimum atomic E-state index is -0.151. The van der Waals surface area contributed by atoms with E-state index in [1.54, 1.807) is 11.3 Å². The number of aromatic nitrogens is 1. The van der Waals surface area contributed by atoms with Gasteiger partial charge >= 0.3 is 5.97 Å². The Hall–Kier alpha value is -1.10. The summed E-state index contributed by atoms with van der Waals surface area (Å²) in [6, 6.07) is 0. The van der Waals surface area contributed by atoms with Gasteiger partial charge in [0.25, 0.3) is 0 Å². The van der Waals surface area contributed by atoms with Crippen LogP contribution in [0, 0.1) is 0 Å². The molecule has 1 N–H and O–H groups in total. The zero-order valence-corrected chi connectivity index (χ0v) is 12.5. The predicted molar refractivity (Wildman–Crippen MR) is 77.8 cm³/mol. The van der Waals surface area contributed by atoms with E-state index in [4.69, 9.17) is 4.74 Å². The first-order valence-corrected chi connectivity index (χ1v) is 7.98. The van der Waals surface area contributed by atoms with Gasteiger partial charge in [-0.15, -0.1) is 11.3 Å². The van der Waals surface area contributed by atoms with Crippen molar-refractivity contribution in [2.45, 2.75) is 51.9 Å². The molecule has 0 saturated heterocycles. The largest absolute Gasteiger partial charge is 0.465 e. The minimum absolute atomic E-state index is 0.117. The summed E-state index contributed by atoms with van der Waals surface area (Å²) in [4.78, 5) is 17.8. The summed E-state index contributed by atoms with van der Waals surface area (Å²) in [7, 11) is 0. The molecule has 0 spiro atoms. The number of thiazole rings is 1. The number of carbonyl (C=O) groups is 1. The fourth-order valence-corrected chi connectivity index (χ4v) is 3.43. The molecule has 0 aliphatic heterocycles. The molecule has 1 heterocycles. The van der Waals surface area contributed by atoms with Crippen LogP contribution in [0.3, 0.4) is 0 Å². The molecule has 1 aromatic rings. The van der Waals surface area contributed by atoms with Crippen LogP contribution in [0.25, 0.3) is 0 Å². The molecule has 0 radical (unpaired) electrons. The quantitative estimate of drug-likeness (QED) is 0.642. The fraction of sp³-hybridized carbons (Fsp3) is 0.714. The molecule has 0 saturated carbocycles. The Morgan fingerprint density at radius 3 is 3.11 bits per heavy atom. The Bertz CT molecular complexity index is 431. The van der Waals surface area contributed by atoms with E-state index in [9.17, 15) is 4.79 Å². The van der Waals surface area contributed by atoms with Crippen molar-refractivity contribution in [3.05, 3.63) is 10.6 Å². The molecule has 1 aliphatic rings. The zero-order valence-electron chi connectivity index (χ0n) is 11.7. The van der Waals surface area contributed by atoms with Gasteiger partial charge in [0, 0.05) is 11.4 Å². The second-order valence-corrected chi connectivity index (χ2v) is 5.89. The lowest BCUT2D eigenvalue weighted by molar-refractivity contribution is -0.145. The summed E-state index contributed by atoms with van der Waals surface area (Å²) in [5, 5.41) is 4.30. The molecule has 0 aromatic carbocycles. The minimum Gasteiger partial charge on any atom is -0.465 e. The van der Waals surface area contributed by atoms with Crippen molar-refractivity contribution in [2.24, 2.45) is 0 Å². The van der Waals surface area contributed by atoms with E-state index in [1.165, 1.54) is 11.3 Å². The topological polar surface area (TPSA) is 51.2 Å². The van der Waals surface area contributed by atoms with Gasteiger partial charge in [0.05, 0.1) is 12.3 Å². The Kier molecular flexibility index (Phi) is 5.19. The summed E-state index contributed by atoms with van der Waals surface area (Å²) in [6.45, 7) is 5.41. The van der Waals surface area contributed by atoms with Crippen LogP contribution < -0.4 is 5.32 Å². The molecule has 106 valence electrons. The summed E-state index contributed by atoms with van der Waals surface area (Å²) >= 11 is 1.70. The smallest absolute Gasteiger partial charge is 0.315 e. The van der Waals surface area contributed by atoms with Crippen LogP contribution >= 0.6 is 11.3 Å². The summed E-state index contributed by atoms with van der Waals surface area (Å²) in [5.74, 6) is -0.268. The van der Waals surface area contributed by atoms with E-state index < -0.39 is 0 Å². The van der Waals surface area contributed by atoms with Gasteiger partial charge in [-0.3, -0.25) is 4.79 Å². The Labute approximate surface area is 118 Å². The third-order valence-electron chi connectivity index (χ3n) is 3.33. The van der Waals surface area contributed by atoms with Crippen LogP contribution in [0.15, 0.2) is 0 Å². The van der Waals surface area contributed by atoms with Gasteiger partial charge < -0.3 is 10.1 Å². The lowest BCUT2D eigenvalue weighted by Crippen LogP contribution is -2.20. The first-order chi connectivity index (χ1) is 9.26. The fourth-order valence-electron chi connectivity index (χ4n) is 2.34. The molecular weight excluding hydrogens is 260 g/mol. The zero-order chi connectivity index (χ0) is 13.7. The number of unbranched alkanes of at least 4 members (excludes halogenated alkanes) is 1. The number of esters is 1. The highest BCUT2D eigenvalue weighted by molar-refractivity contribution is 7.15. The lowest BCUT2D eigenvalue weighted by atomic mass is 9.91. The molecule has 1 atom stereocenters. The number of fused-ring (bicyclic) bond motifs is 1. The summed E-state index contributed by atoms with van der Waals surface area (Å²) in [5.41, 5.74) is 0.952. The third kappa shape index (κ3) is 3.47. The number of carbonyl (C=O) groups excluding carboxylic acids is 1. The number of anilines is 1. The molecule has 1 aliphatic carbocycles. The van der Waals surface area contributed by atoms with E-state index in [2.05, 4.69) is 17.2 Å². The summed E-state index contributed by atoms with van der Waals surface area (Å²) in [6.07, 6.45) is 5.27. The molecule has 19 heavy (non-hydrogen) atoms. The van der Waals surface area contributed by atoms with Gasteiger partial charge in [0.15, 0.2) is 5.13 Å². The van der Waals surface area contributed by atoms with Gasteiger partial charge in [-0.2, -0.15) is 0 Å². The first-order valence-electron chi connectivity index (χ1n) is 7.16. The van der Waals surface area contributed by atoms with Gasteiger partial charge in [-0.05, 0) is 32.6 Å². The molecule has 5 heteroatoms. The van der Waals surface area contributed by atoms with Crippen molar-refractivity contribution in [2.75, 3.05) is 18.5 Å². The maximum absolute atomic E-state index is 12.0. The van der Waals surface area contributed by atoms with Gasteiger partial charge in [0.2, 0.25) is 0 Å². The van der Waals surface area contributed by atoms with E-state index in [0.29, 0.717) is 6.61 Å². The van der Waals surface area contributed by atoms with Crippen LogP contribution in [-0.4, -0.2) is 24.1 Å². The molecular formula is C14H22N2O2S. The number of rotatable bonds is 6. The van der Waals surface area contributed by atoms with Crippen molar-refractivity contribution in [1.29, 1.82) is 0 Å². The first kappa shape index (κ1) is 14.3. The van der Waals surface area contributed by atoms with E-state index in [1.807, 2.05) is 6.92 Å². The number of nitrogens with zero attached hydrogens (tertiary/aromatic N) is 1. The second kappa shape index (κ2) is 6.89. The van der Waals surface area contributed by atoms with E-state index in [0.717, 1.165) is 43.1 Å². The highest BCUT2D eigenvalue weighted by Crippen LogP contribution is 2.37. The van der Waals surface area contributed by atoms with Crippen molar-refractivity contribution in [3.63, 3.8) is 0 Å². The van der Waals surface area contributed by atoms with Crippen LogP contribution in [0.1, 0.15) is 56.0 Å². The van der Waals surface area contributed by atoms with Crippen LogP contribution in [0.2, 0.25) is 0 Å². The SMILES string of the molecule is CCCCNc1nc2c(s1)CCCC2C(=O)OCC. The standard InChI is InChI=1S/C14H22N2O2S/c1-3-5-9-15-14-16-12-10(13(17)18-4-2)7-6-8-11(12)19-14/h10H,3-9H2,1-2H3,(H,15,16). The highest BCUT2D eigenvalue weighted by atomic mass is 32.1. The second-order valence-electron chi connectivity index (χ2n) is 4.80. The number of nitrogens with one attached hydrogen (secondary N) is 1. The van der Waals surface area contributed by atoms with Crippen molar-refractivity contribution < 1.29 is 9.53 Å². The van der Waals surface area contributed by atoms with Crippen LogP contribution in [0.5, 0.6) is 0 Å². The van der Waals surface area contributed by atoms with Crippen molar-refractivity contribution >= 4 is 22.4 Å².